The lowest BCUT2D eigenvalue weighted by atomic mass is 10.2. The van der Waals surface area contributed by atoms with Crippen LogP contribution < -0.4 is 10.6 Å². The molecule has 9 heteroatoms. The van der Waals surface area contributed by atoms with Crippen LogP contribution in [0.25, 0.3) is 0 Å². The van der Waals surface area contributed by atoms with Crippen molar-refractivity contribution < 1.29 is 18.4 Å². The van der Waals surface area contributed by atoms with Crippen molar-refractivity contribution in [3.05, 3.63) is 22.3 Å². The summed E-state index contributed by atoms with van der Waals surface area (Å²) in [7, 11) is 0. The standard InChI is InChI=1S/C12H16BrF3N4O/c1-7(2)20(4-3-10(17)19-21)11-9(12(14,15)16)5-8(13)6-18-11/h5-7,21H,3-4H2,1-2H3,(H2,17,19). The second-order valence-corrected chi connectivity index (χ2v) is 5.57. The highest BCUT2D eigenvalue weighted by Gasteiger charge is 2.36. The Labute approximate surface area is 128 Å². The van der Waals surface area contributed by atoms with E-state index < -0.39 is 11.7 Å². The van der Waals surface area contributed by atoms with Crippen LogP contribution in [-0.4, -0.2) is 28.6 Å². The second kappa shape index (κ2) is 6.97. The van der Waals surface area contributed by atoms with Crippen molar-refractivity contribution in [1.29, 1.82) is 0 Å². The van der Waals surface area contributed by atoms with Gasteiger partial charge in [0.15, 0.2) is 0 Å². The summed E-state index contributed by atoms with van der Waals surface area (Å²) in [4.78, 5) is 5.35. The highest BCUT2D eigenvalue weighted by atomic mass is 79.9. The van der Waals surface area contributed by atoms with Crippen LogP contribution in [0.3, 0.4) is 0 Å². The summed E-state index contributed by atoms with van der Waals surface area (Å²) in [6.07, 6.45) is -3.08. The molecular weight excluding hydrogens is 353 g/mol. The van der Waals surface area contributed by atoms with Crippen LogP contribution in [0.5, 0.6) is 0 Å². The van der Waals surface area contributed by atoms with E-state index in [0.29, 0.717) is 0 Å². The lowest BCUT2D eigenvalue weighted by molar-refractivity contribution is -0.137. The third-order valence-corrected chi connectivity index (χ3v) is 3.21. The Hall–Kier alpha value is -1.51. The molecule has 0 bridgehead atoms. The molecule has 0 amide bonds. The van der Waals surface area contributed by atoms with E-state index in [-0.39, 0.29) is 35.1 Å². The number of amidine groups is 1. The quantitative estimate of drug-likeness (QED) is 0.362. The molecule has 0 spiro atoms. The summed E-state index contributed by atoms with van der Waals surface area (Å²) in [5.41, 5.74) is 4.54. The van der Waals surface area contributed by atoms with Crippen molar-refractivity contribution in [3.8, 4) is 0 Å². The van der Waals surface area contributed by atoms with Crippen LogP contribution >= 0.6 is 15.9 Å². The molecule has 0 aliphatic carbocycles. The molecule has 0 aromatic carbocycles. The maximum absolute atomic E-state index is 13.1. The number of nitrogens with two attached hydrogens (primary N) is 1. The van der Waals surface area contributed by atoms with Gasteiger partial charge in [-0.3, -0.25) is 0 Å². The predicted molar refractivity (Wildman–Crippen MR) is 77.4 cm³/mol. The number of oxime groups is 1. The highest BCUT2D eigenvalue weighted by molar-refractivity contribution is 9.10. The number of halogens is 4. The first-order chi connectivity index (χ1) is 9.66. The van der Waals surface area contributed by atoms with Gasteiger partial charge >= 0.3 is 6.18 Å². The molecule has 0 radical (unpaired) electrons. The largest absolute Gasteiger partial charge is 0.419 e. The van der Waals surface area contributed by atoms with Crippen LogP contribution in [0.1, 0.15) is 25.8 Å². The average Bonchev–Trinajstić information content (AvgIpc) is 2.38. The molecule has 1 heterocycles. The fraction of sp³-hybridized carbons (Fsp3) is 0.500. The Morgan fingerprint density at radius 3 is 2.62 bits per heavy atom. The van der Waals surface area contributed by atoms with Crippen molar-refractivity contribution in [2.45, 2.75) is 32.5 Å². The number of hydrogen-bond acceptors (Lipinski definition) is 4. The summed E-state index contributed by atoms with van der Waals surface area (Å²) < 4.78 is 39.7. The third-order valence-electron chi connectivity index (χ3n) is 2.77. The second-order valence-electron chi connectivity index (χ2n) is 4.65. The fourth-order valence-electron chi connectivity index (χ4n) is 1.76. The van der Waals surface area contributed by atoms with E-state index in [0.717, 1.165) is 6.07 Å². The van der Waals surface area contributed by atoms with Crippen molar-refractivity contribution in [1.82, 2.24) is 4.98 Å². The van der Waals surface area contributed by atoms with Gasteiger partial charge in [-0.1, -0.05) is 5.16 Å². The molecule has 0 unspecified atom stereocenters. The zero-order chi connectivity index (χ0) is 16.2. The highest BCUT2D eigenvalue weighted by Crippen LogP contribution is 2.37. The van der Waals surface area contributed by atoms with Crippen molar-refractivity contribution in [3.63, 3.8) is 0 Å². The zero-order valence-electron chi connectivity index (χ0n) is 11.5. The topological polar surface area (TPSA) is 74.7 Å². The van der Waals surface area contributed by atoms with Gasteiger partial charge in [-0.15, -0.1) is 0 Å². The van der Waals surface area contributed by atoms with Crippen molar-refractivity contribution in [2.24, 2.45) is 10.9 Å². The Bertz CT molecular complexity index is 520. The lowest BCUT2D eigenvalue weighted by Crippen LogP contribution is -2.36. The van der Waals surface area contributed by atoms with Crippen LogP contribution in [0.4, 0.5) is 19.0 Å². The van der Waals surface area contributed by atoms with E-state index in [9.17, 15) is 13.2 Å². The number of pyridine rings is 1. The summed E-state index contributed by atoms with van der Waals surface area (Å²) in [6, 6.07) is 0.757. The normalized spacial score (nSPS) is 12.8. The third kappa shape index (κ3) is 4.76. The zero-order valence-corrected chi connectivity index (χ0v) is 13.1. The molecule has 0 fully saturated rings. The van der Waals surface area contributed by atoms with Crippen molar-refractivity contribution in [2.75, 3.05) is 11.4 Å². The molecule has 0 aliphatic heterocycles. The summed E-state index contributed by atoms with van der Waals surface area (Å²) >= 11 is 3.00. The number of nitrogens with zero attached hydrogens (tertiary/aromatic N) is 3. The summed E-state index contributed by atoms with van der Waals surface area (Å²) in [5.74, 6) is -0.224. The van der Waals surface area contributed by atoms with Gasteiger partial charge in [0.1, 0.15) is 11.7 Å². The van der Waals surface area contributed by atoms with E-state index in [1.54, 1.807) is 13.8 Å². The number of hydrogen-bond donors (Lipinski definition) is 2. The molecule has 1 rings (SSSR count). The first-order valence-corrected chi connectivity index (χ1v) is 6.92. The van der Waals surface area contributed by atoms with E-state index in [1.165, 1.54) is 11.1 Å². The van der Waals surface area contributed by atoms with E-state index in [1.807, 2.05) is 0 Å². The van der Waals surface area contributed by atoms with Gasteiger partial charge < -0.3 is 15.8 Å². The van der Waals surface area contributed by atoms with Gasteiger partial charge in [0, 0.05) is 29.7 Å². The predicted octanol–water partition coefficient (Wildman–Crippen LogP) is 3.21. The van der Waals surface area contributed by atoms with E-state index in [4.69, 9.17) is 10.9 Å². The molecule has 1 aromatic heterocycles. The van der Waals surface area contributed by atoms with Gasteiger partial charge in [-0.05, 0) is 35.8 Å². The van der Waals surface area contributed by atoms with Gasteiger partial charge in [-0.2, -0.15) is 13.2 Å². The summed E-state index contributed by atoms with van der Waals surface area (Å²) in [6.45, 7) is 3.65. The molecular formula is C12H16BrF3N4O. The first kappa shape index (κ1) is 17.5. The number of rotatable bonds is 5. The van der Waals surface area contributed by atoms with Gasteiger partial charge in [0.05, 0.1) is 5.56 Å². The van der Waals surface area contributed by atoms with Crippen molar-refractivity contribution >= 4 is 27.6 Å². The monoisotopic (exact) mass is 368 g/mol. The molecule has 21 heavy (non-hydrogen) atoms. The van der Waals surface area contributed by atoms with Crippen LogP contribution in [0.15, 0.2) is 21.9 Å². The average molecular weight is 369 g/mol. The molecule has 1 aromatic rings. The Morgan fingerprint density at radius 2 is 2.14 bits per heavy atom. The molecule has 0 atom stereocenters. The van der Waals surface area contributed by atoms with Gasteiger partial charge in [-0.25, -0.2) is 4.98 Å². The maximum atomic E-state index is 13.1. The molecule has 0 saturated heterocycles. The molecule has 0 saturated carbocycles. The van der Waals surface area contributed by atoms with Crippen LogP contribution in [0.2, 0.25) is 0 Å². The molecule has 118 valence electrons. The minimum Gasteiger partial charge on any atom is -0.409 e. The number of alkyl halides is 3. The van der Waals surface area contributed by atoms with Crippen LogP contribution in [-0.2, 0) is 6.18 Å². The molecule has 3 N–H and O–H groups in total. The smallest absolute Gasteiger partial charge is 0.409 e. The Balaban J connectivity index is 3.19. The minimum absolute atomic E-state index is 0.0497. The minimum atomic E-state index is -4.52. The number of anilines is 1. The van der Waals surface area contributed by atoms with Crippen LogP contribution in [0, 0.1) is 0 Å². The van der Waals surface area contributed by atoms with E-state index >= 15 is 0 Å². The Morgan fingerprint density at radius 1 is 1.52 bits per heavy atom. The molecule has 5 nitrogen and oxygen atoms in total. The van der Waals surface area contributed by atoms with Gasteiger partial charge in [0.25, 0.3) is 0 Å². The summed E-state index contributed by atoms with van der Waals surface area (Å²) in [5, 5.41) is 11.3. The van der Waals surface area contributed by atoms with E-state index in [2.05, 4.69) is 26.1 Å². The maximum Gasteiger partial charge on any atom is 0.419 e. The first-order valence-electron chi connectivity index (χ1n) is 6.12. The molecule has 0 aliphatic rings. The fourth-order valence-corrected chi connectivity index (χ4v) is 2.09. The lowest BCUT2D eigenvalue weighted by Gasteiger charge is -2.30. The van der Waals surface area contributed by atoms with Gasteiger partial charge in [0.2, 0.25) is 0 Å². The number of aromatic nitrogens is 1. The SMILES string of the molecule is CC(C)N(CCC(N)=NO)c1ncc(Br)cc1C(F)(F)F. The Kier molecular flexibility index (Phi) is 5.82.